The zero-order valence-electron chi connectivity index (χ0n) is 17.9. The van der Waals surface area contributed by atoms with Crippen LogP contribution in [0.3, 0.4) is 0 Å². The molecule has 1 saturated heterocycles. The van der Waals surface area contributed by atoms with E-state index in [9.17, 15) is 0 Å². The molecule has 3 rings (SSSR count). The van der Waals surface area contributed by atoms with E-state index in [0.717, 1.165) is 36.7 Å². The van der Waals surface area contributed by atoms with Crippen molar-refractivity contribution in [1.29, 1.82) is 0 Å². The van der Waals surface area contributed by atoms with E-state index in [1.807, 2.05) is 18.2 Å². The van der Waals surface area contributed by atoms with Crippen molar-refractivity contribution in [2.45, 2.75) is 25.4 Å². The molecular weight excluding hydrogens is 368 g/mol. The van der Waals surface area contributed by atoms with Gasteiger partial charge in [-0.05, 0) is 49.7 Å². The first kappa shape index (κ1) is 21.3. The molecule has 1 unspecified atom stereocenters. The Balaban J connectivity index is 1.74. The molecule has 1 aliphatic heterocycles. The van der Waals surface area contributed by atoms with Crippen LogP contribution < -0.4 is 24.3 Å². The summed E-state index contributed by atoms with van der Waals surface area (Å²) >= 11 is 0. The van der Waals surface area contributed by atoms with Gasteiger partial charge in [0, 0.05) is 30.8 Å². The normalized spacial score (nSPS) is 15.2. The van der Waals surface area contributed by atoms with Crippen LogP contribution in [0.15, 0.2) is 36.4 Å². The molecule has 29 heavy (non-hydrogen) atoms. The Labute approximate surface area is 173 Å². The third kappa shape index (κ3) is 5.14. The van der Waals surface area contributed by atoms with Crippen LogP contribution in [0.4, 0.5) is 0 Å². The monoisotopic (exact) mass is 400 g/mol. The SMILES string of the molecule is COc1cccc(C(CNCc2cc(OC)c(OC)cc2OC)N2CCCC2)c1. The van der Waals surface area contributed by atoms with E-state index >= 15 is 0 Å². The van der Waals surface area contributed by atoms with E-state index in [0.29, 0.717) is 24.1 Å². The molecule has 1 aliphatic rings. The Kier molecular flexibility index (Phi) is 7.61. The van der Waals surface area contributed by atoms with Crippen molar-refractivity contribution in [3.8, 4) is 23.0 Å². The largest absolute Gasteiger partial charge is 0.497 e. The van der Waals surface area contributed by atoms with Crippen LogP contribution in [0.1, 0.15) is 30.0 Å². The maximum atomic E-state index is 5.56. The highest BCUT2D eigenvalue weighted by atomic mass is 16.5. The van der Waals surface area contributed by atoms with E-state index in [1.165, 1.54) is 18.4 Å². The molecule has 0 aromatic heterocycles. The van der Waals surface area contributed by atoms with Crippen LogP contribution in [0.2, 0.25) is 0 Å². The molecular formula is C23H32N2O4. The maximum absolute atomic E-state index is 5.56. The highest BCUT2D eigenvalue weighted by Gasteiger charge is 2.24. The number of rotatable bonds is 10. The summed E-state index contributed by atoms with van der Waals surface area (Å²) < 4.78 is 21.8. The Morgan fingerprint density at radius 1 is 0.862 bits per heavy atom. The summed E-state index contributed by atoms with van der Waals surface area (Å²) in [6, 6.07) is 12.5. The van der Waals surface area contributed by atoms with E-state index < -0.39 is 0 Å². The smallest absolute Gasteiger partial charge is 0.164 e. The number of hydrogen-bond acceptors (Lipinski definition) is 6. The van der Waals surface area contributed by atoms with Gasteiger partial charge < -0.3 is 24.3 Å². The van der Waals surface area contributed by atoms with Crippen molar-refractivity contribution in [3.05, 3.63) is 47.5 Å². The van der Waals surface area contributed by atoms with Crippen molar-refractivity contribution in [2.75, 3.05) is 48.1 Å². The standard InChI is InChI=1S/C23H32N2O4/c1-26-19-9-7-8-17(12-19)20(25-10-5-6-11-25)16-24-15-18-13-22(28-3)23(29-4)14-21(18)27-2/h7-9,12-14,20,24H,5-6,10-11,15-16H2,1-4H3. The van der Waals surface area contributed by atoms with Gasteiger partial charge in [-0.15, -0.1) is 0 Å². The minimum absolute atomic E-state index is 0.304. The molecule has 0 amide bonds. The zero-order chi connectivity index (χ0) is 20.6. The van der Waals surface area contributed by atoms with Gasteiger partial charge in [0.2, 0.25) is 0 Å². The fourth-order valence-corrected chi connectivity index (χ4v) is 3.93. The minimum atomic E-state index is 0.304. The molecule has 0 radical (unpaired) electrons. The highest BCUT2D eigenvalue weighted by molar-refractivity contribution is 5.50. The van der Waals surface area contributed by atoms with E-state index in [4.69, 9.17) is 18.9 Å². The van der Waals surface area contributed by atoms with Crippen LogP contribution in [-0.2, 0) is 6.54 Å². The molecule has 2 aromatic carbocycles. The first-order valence-corrected chi connectivity index (χ1v) is 10.1. The van der Waals surface area contributed by atoms with Gasteiger partial charge in [-0.1, -0.05) is 12.1 Å². The molecule has 0 aliphatic carbocycles. The van der Waals surface area contributed by atoms with Crippen molar-refractivity contribution in [2.24, 2.45) is 0 Å². The maximum Gasteiger partial charge on any atom is 0.164 e. The lowest BCUT2D eigenvalue weighted by atomic mass is 10.0. The van der Waals surface area contributed by atoms with Crippen LogP contribution in [0.5, 0.6) is 23.0 Å². The summed E-state index contributed by atoms with van der Waals surface area (Å²) in [6.07, 6.45) is 2.51. The zero-order valence-corrected chi connectivity index (χ0v) is 17.9. The predicted molar refractivity (Wildman–Crippen MR) is 114 cm³/mol. The highest BCUT2D eigenvalue weighted by Crippen LogP contribution is 2.34. The van der Waals surface area contributed by atoms with E-state index in [1.54, 1.807) is 28.4 Å². The molecule has 1 fully saturated rings. The third-order valence-corrected chi connectivity index (χ3v) is 5.50. The lowest BCUT2D eigenvalue weighted by Crippen LogP contribution is -2.34. The lowest BCUT2D eigenvalue weighted by molar-refractivity contribution is 0.237. The van der Waals surface area contributed by atoms with Gasteiger partial charge in [0.1, 0.15) is 11.5 Å². The molecule has 0 spiro atoms. The molecule has 6 nitrogen and oxygen atoms in total. The second kappa shape index (κ2) is 10.4. The van der Waals surface area contributed by atoms with Gasteiger partial charge in [0.25, 0.3) is 0 Å². The van der Waals surface area contributed by atoms with Crippen LogP contribution >= 0.6 is 0 Å². The van der Waals surface area contributed by atoms with Crippen molar-refractivity contribution < 1.29 is 18.9 Å². The minimum Gasteiger partial charge on any atom is -0.497 e. The molecule has 1 heterocycles. The van der Waals surface area contributed by atoms with Crippen molar-refractivity contribution >= 4 is 0 Å². The number of benzene rings is 2. The molecule has 0 saturated carbocycles. The number of ether oxygens (including phenoxy) is 4. The van der Waals surface area contributed by atoms with Gasteiger partial charge in [0.15, 0.2) is 11.5 Å². The quantitative estimate of drug-likeness (QED) is 0.657. The fourth-order valence-electron chi connectivity index (χ4n) is 3.93. The average molecular weight is 401 g/mol. The van der Waals surface area contributed by atoms with Gasteiger partial charge >= 0.3 is 0 Å². The summed E-state index contributed by atoms with van der Waals surface area (Å²) in [5, 5.41) is 3.62. The summed E-state index contributed by atoms with van der Waals surface area (Å²) in [7, 11) is 6.66. The van der Waals surface area contributed by atoms with Crippen LogP contribution in [0.25, 0.3) is 0 Å². The average Bonchev–Trinajstić information content (AvgIpc) is 3.30. The van der Waals surface area contributed by atoms with E-state index in [-0.39, 0.29) is 0 Å². The van der Waals surface area contributed by atoms with E-state index in [2.05, 4.69) is 28.4 Å². The second-order valence-corrected chi connectivity index (χ2v) is 7.19. The first-order valence-electron chi connectivity index (χ1n) is 10.1. The van der Waals surface area contributed by atoms with Crippen LogP contribution in [-0.4, -0.2) is 53.0 Å². The van der Waals surface area contributed by atoms with Gasteiger partial charge in [-0.3, -0.25) is 4.90 Å². The lowest BCUT2D eigenvalue weighted by Gasteiger charge is -2.28. The molecule has 158 valence electrons. The molecule has 0 bridgehead atoms. The molecule has 2 aromatic rings. The summed E-state index contributed by atoms with van der Waals surface area (Å²) in [4.78, 5) is 2.55. The number of nitrogens with one attached hydrogen (secondary N) is 1. The first-order chi connectivity index (χ1) is 14.2. The summed E-state index contributed by atoms with van der Waals surface area (Å²) in [5.74, 6) is 3.05. The third-order valence-electron chi connectivity index (χ3n) is 5.50. The fraction of sp³-hybridized carbons (Fsp3) is 0.478. The number of methoxy groups -OCH3 is 4. The van der Waals surface area contributed by atoms with Crippen molar-refractivity contribution in [1.82, 2.24) is 10.2 Å². The van der Waals surface area contributed by atoms with Gasteiger partial charge in [-0.25, -0.2) is 0 Å². The summed E-state index contributed by atoms with van der Waals surface area (Å²) in [6.45, 7) is 3.77. The molecule has 6 heteroatoms. The predicted octanol–water partition coefficient (Wildman–Crippen LogP) is 3.65. The molecule has 1 N–H and O–H groups in total. The number of nitrogens with zero attached hydrogens (tertiary/aromatic N) is 1. The second-order valence-electron chi connectivity index (χ2n) is 7.19. The van der Waals surface area contributed by atoms with Gasteiger partial charge in [-0.2, -0.15) is 0 Å². The Hall–Kier alpha value is -2.44. The van der Waals surface area contributed by atoms with Crippen molar-refractivity contribution in [3.63, 3.8) is 0 Å². The van der Waals surface area contributed by atoms with Gasteiger partial charge in [0.05, 0.1) is 28.4 Å². The van der Waals surface area contributed by atoms with Crippen LogP contribution in [0, 0.1) is 0 Å². The number of hydrogen-bond donors (Lipinski definition) is 1. The topological polar surface area (TPSA) is 52.2 Å². The summed E-state index contributed by atoms with van der Waals surface area (Å²) in [5.41, 5.74) is 2.31. The Bertz CT molecular complexity index is 790. The molecule has 1 atom stereocenters. The number of likely N-dealkylation sites (tertiary alicyclic amines) is 1. The Morgan fingerprint density at radius 3 is 2.21 bits per heavy atom. The Morgan fingerprint density at radius 2 is 1.55 bits per heavy atom.